The van der Waals surface area contributed by atoms with E-state index in [1.54, 1.807) is 0 Å². The zero-order chi connectivity index (χ0) is 14.1. The number of benzene rings is 1. The number of nitro groups is 1. The molecule has 0 amide bonds. The Hall–Kier alpha value is -1.63. The summed E-state index contributed by atoms with van der Waals surface area (Å²) in [6.07, 6.45) is 0.677. The van der Waals surface area contributed by atoms with Gasteiger partial charge in [0.25, 0.3) is 5.69 Å². The van der Waals surface area contributed by atoms with Crippen molar-refractivity contribution in [2.24, 2.45) is 0 Å². The van der Waals surface area contributed by atoms with Crippen molar-refractivity contribution in [1.29, 1.82) is 0 Å². The van der Waals surface area contributed by atoms with Crippen LogP contribution in [0.15, 0.2) is 24.3 Å². The van der Waals surface area contributed by atoms with Crippen LogP contribution in [0, 0.1) is 10.1 Å². The van der Waals surface area contributed by atoms with Crippen molar-refractivity contribution in [3.05, 3.63) is 34.4 Å². The fourth-order valence-corrected chi connectivity index (χ4v) is 1.48. The lowest BCUT2D eigenvalue weighted by Gasteiger charge is -2.15. The smallest absolute Gasteiger partial charge is 0.267 e. The molecule has 0 unspecified atom stereocenters. The average Bonchev–Trinajstić information content (AvgIpc) is 2.13. The molecule has 1 aromatic rings. The number of sulfonamides is 1. The van der Waals surface area contributed by atoms with Crippen LogP contribution in [-0.2, 0) is 10.0 Å². The SMILES string of the molecule is [2H]C([2H])([2H])N(c1ccccc1[N+](=O)[O-])S(C)(=O)=O. The molecular formula is C8H10N2O4S. The van der Waals surface area contributed by atoms with E-state index in [0.29, 0.717) is 6.26 Å². The number of para-hydroxylation sites is 2. The Kier molecular flexibility index (Phi) is 1.96. The molecule has 0 aliphatic heterocycles. The summed E-state index contributed by atoms with van der Waals surface area (Å²) >= 11 is 0. The van der Waals surface area contributed by atoms with Gasteiger partial charge in [-0.3, -0.25) is 14.4 Å². The Morgan fingerprint density at radius 2 is 2.07 bits per heavy atom. The minimum absolute atomic E-state index is 0.0676. The van der Waals surface area contributed by atoms with Gasteiger partial charge in [0, 0.05) is 17.2 Å². The van der Waals surface area contributed by atoms with Crippen LogP contribution in [-0.4, -0.2) is 26.6 Å². The minimum atomic E-state index is -4.17. The lowest BCUT2D eigenvalue weighted by molar-refractivity contribution is -0.384. The van der Waals surface area contributed by atoms with Crippen molar-refractivity contribution in [1.82, 2.24) is 0 Å². The highest BCUT2D eigenvalue weighted by molar-refractivity contribution is 7.92. The second-order valence-corrected chi connectivity index (χ2v) is 4.60. The Morgan fingerprint density at radius 3 is 2.53 bits per heavy atom. The second-order valence-electron chi connectivity index (χ2n) is 2.77. The average molecular weight is 233 g/mol. The van der Waals surface area contributed by atoms with E-state index in [1.165, 1.54) is 12.1 Å². The molecule has 0 fully saturated rings. The molecule has 6 nitrogen and oxygen atoms in total. The fourth-order valence-electron chi connectivity index (χ4n) is 0.969. The van der Waals surface area contributed by atoms with Gasteiger partial charge in [-0.2, -0.15) is 0 Å². The van der Waals surface area contributed by atoms with Crippen molar-refractivity contribution in [3.8, 4) is 0 Å². The van der Waals surface area contributed by atoms with Crippen molar-refractivity contribution >= 4 is 21.4 Å². The summed E-state index contributed by atoms with van der Waals surface area (Å²) in [5.74, 6) is 0. The van der Waals surface area contributed by atoms with E-state index in [0.717, 1.165) is 12.1 Å². The standard InChI is InChI=1S/C8H10N2O4S/c1-9(15(2,13)14)7-5-3-4-6-8(7)10(11)12/h3-6H,1-2H3/i1D3. The van der Waals surface area contributed by atoms with Crippen LogP contribution in [0.4, 0.5) is 11.4 Å². The van der Waals surface area contributed by atoms with Gasteiger partial charge in [0.15, 0.2) is 0 Å². The van der Waals surface area contributed by atoms with E-state index in [-0.39, 0.29) is 4.31 Å². The van der Waals surface area contributed by atoms with Crippen molar-refractivity contribution in [2.45, 2.75) is 0 Å². The number of rotatable bonds is 3. The molecule has 0 radical (unpaired) electrons. The maximum Gasteiger partial charge on any atom is 0.293 e. The molecule has 0 heterocycles. The van der Waals surface area contributed by atoms with Crippen LogP contribution < -0.4 is 4.31 Å². The van der Waals surface area contributed by atoms with Gasteiger partial charge in [0.05, 0.1) is 11.2 Å². The summed E-state index contributed by atoms with van der Waals surface area (Å²) in [5, 5.41) is 10.8. The van der Waals surface area contributed by atoms with Gasteiger partial charge in [0.1, 0.15) is 5.69 Å². The fraction of sp³-hybridized carbons (Fsp3) is 0.250. The highest BCUT2D eigenvalue weighted by atomic mass is 32.2. The van der Waals surface area contributed by atoms with E-state index in [9.17, 15) is 18.5 Å². The molecule has 0 aliphatic carbocycles. The third kappa shape index (κ3) is 2.44. The Balaban J connectivity index is 3.55. The Morgan fingerprint density at radius 1 is 1.47 bits per heavy atom. The Bertz CT molecular complexity index is 570. The van der Waals surface area contributed by atoms with Gasteiger partial charge in [-0.05, 0) is 6.07 Å². The number of hydrogen-bond acceptors (Lipinski definition) is 4. The summed E-state index contributed by atoms with van der Waals surface area (Å²) in [6, 6.07) is 4.76. The zero-order valence-corrected chi connectivity index (χ0v) is 8.56. The summed E-state index contributed by atoms with van der Waals surface area (Å²) in [6.45, 7) is -3.03. The summed E-state index contributed by atoms with van der Waals surface area (Å²) < 4.78 is 44.6. The van der Waals surface area contributed by atoms with E-state index in [2.05, 4.69) is 0 Å². The first kappa shape index (κ1) is 7.63. The first-order valence-electron chi connectivity index (χ1n) is 5.29. The molecule has 82 valence electrons. The first-order chi connectivity index (χ1) is 8.05. The zero-order valence-electron chi connectivity index (χ0n) is 10.7. The van der Waals surface area contributed by atoms with Crippen LogP contribution in [0.5, 0.6) is 0 Å². The van der Waals surface area contributed by atoms with Crippen LogP contribution in [0.25, 0.3) is 0 Å². The van der Waals surface area contributed by atoms with Crippen LogP contribution >= 0.6 is 0 Å². The molecule has 0 aliphatic rings. The van der Waals surface area contributed by atoms with Crippen molar-refractivity contribution in [3.63, 3.8) is 0 Å². The van der Waals surface area contributed by atoms with Crippen LogP contribution in [0.1, 0.15) is 4.11 Å². The van der Waals surface area contributed by atoms with Crippen LogP contribution in [0.3, 0.4) is 0 Å². The number of nitro benzene ring substituents is 1. The van der Waals surface area contributed by atoms with Gasteiger partial charge in [-0.25, -0.2) is 8.42 Å². The highest BCUT2D eigenvalue weighted by Gasteiger charge is 2.21. The number of nitrogens with zero attached hydrogens (tertiary/aromatic N) is 2. The minimum Gasteiger partial charge on any atom is -0.267 e. The molecule has 7 heteroatoms. The van der Waals surface area contributed by atoms with Crippen molar-refractivity contribution < 1.29 is 17.5 Å². The quantitative estimate of drug-likeness (QED) is 0.576. The normalized spacial score (nSPS) is 14.9. The third-order valence-corrected chi connectivity index (χ3v) is 2.49. The summed E-state index contributed by atoms with van der Waals surface area (Å²) in [4.78, 5) is 9.95. The monoisotopic (exact) mass is 233 g/mol. The maximum absolute atomic E-state index is 11.5. The van der Waals surface area contributed by atoms with Crippen molar-refractivity contribution in [2.75, 3.05) is 17.5 Å². The van der Waals surface area contributed by atoms with Gasteiger partial charge >= 0.3 is 0 Å². The molecule has 1 aromatic carbocycles. The lowest BCUT2D eigenvalue weighted by Crippen LogP contribution is -2.25. The molecule has 0 bridgehead atoms. The van der Waals surface area contributed by atoms with Gasteiger partial charge in [-0.1, -0.05) is 12.1 Å². The largest absolute Gasteiger partial charge is 0.293 e. The molecule has 0 atom stereocenters. The molecule has 0 saturated carbocycles. The summed E-state index contributed by atoms with van der Waals surface area (Å²) in [5.41, 5.74) is -1.07. The third-order valence-electron chi connectivity index (χ3n) is 1.63. The molecule has 0 aromatic heterocycles. The van der Waals surface area contributed by atoms with E-state index < -0.39 is 33.3 Å². The summed E-state index contributed by atoms with van der Waals surface area (Å²) in [7, 11) is -4.17. The second kappa shape index (κ2) is 3.85. The van der Waals surface area contributed by atoms with E-state index >= 15 is 0 Å². The predicted molar refractivity (Wildman–Crippen MR) is 56.3 cm³/mol. The lowest BCUT2D eigenvalue weighted by atomic mass is 10.3. The van der Waals surface area contributed by atoms with Crippen LogP contribution in [0.2, 0.25) is 0 Å². The van der Waals surface area contributed by atoms with Gasteiger partial charge in [0.2, 0.25) is 10.0 Å². The van der Waals surface area contributed by atoms with E-state index in [1.807, 2.05) is 0 Å². The molecule has 0 N–H and O–H groups in total. The van der Waals surface area contributed by atoms with E-state index in [4.69, 9.17) is 4.11 Å². The predicted octanol–water partition coefficient (Wildman–Crippen LogP) is 0.991. The topological polar surface area (TPSA) is 80.5 Å². The highest BCUT2D eigenvalue weighted by Crippen LogP contribution is 2.27. The number of hydrogen-bond donors (Lipinski definition) is 0. The molecule has 0 saturated heterocycles. The molecular weight excluding hydrogens is 220 g/mol. The first-order valence-corrected chi connectivity index (χ1v) is 5.64. The number of anilines is 1. The van der Waals surface area contributed by atoms with Gasteiger partial charge < -0.3 is 0 Å². The molecule has 15 heavy (non-hydrogen) atoms. The van der Waals surface area contributed by atoms with Gasteiger partial charge in [-0.15, -0.1) is 0 Å². The molecule has 0 spiro atoms. The molecule has 1 rings (SSSR count). The Labute approximate surface area is 91.5 Å². The maximum atomic E-state index is 11.5.